The molecule has 0 aliphatic rings. The fourth-order valence-corrected chi connectivity index (χ4v) is 4.82. The number of halogens is 1. The molecule has 6 rings (SSSR count). The van der Waals surface area contributed by atoms with Crippen LogP contribution in [-0.2, 0) is 22.7 Å². The van der Waals surface area contributed by atoms with Gasteiger partial charge in [-0.1, -0.05) is 72.8 Å². The van der Waals surface area contributed by atoms with Gasteiger partial charge in [0.15, 0.2) is 11.1 Å². The minimum absolute atomic E-state index is 0.119. The molecule has 0 spiro atoms. The van der Waals surface area contributed by atoms with Crippen molar-refractivity contribution in [2.24, 2.45) is 0 Å². The first-order valence-electron chi connectivity index (χ1n) is 14.6. The number of ether oxygens (including phenoxy) is 1. The molecule has 0 bridgehead atoms. The van der Waals surface area contributed by atoms with E-state index in [9.17, 15) is 23.6 Å². The predicted octanol–water partition coefficient (Wildman–Crippen LogP) is 5.17. The third-order valence-electron chi connectivity index (χ3n) is 7.14. The van der Waals surface area contributed by atoms with E-state index in [1.165, 1.54) is 18.2 Å². The zero-order valence-electron chi connectivity index (χ0n) is 25.1. The number of anilines is 1. The SMILES string of the molecule is Nc1nc(-c2ccc(F)cc2)n(CC(=O)NC(=Cc2ccccc2)C(=O)c2nc3ccccc3o2)c(=O)c1C(=O)OCc1ccccc1. The highest BCUT2D eigenvalue weighted by atomic mass is 19.1. The van der Waals surface area contributed by atoms with Crippen LogP contribution in [0.2, 0.25) is 0 Å². The van der Waals surface area contributed by atoms with Crippen molar-refractivity contribution in [2.75, 3.05) is 5.73 Å². The maximum Gasteiger partial charge on any atom is 0.347 e. The topological polar surface area (TPSA) is 159 Å². The Kier molecular flexibility index (Phi) is 8.96. The minimum Gasteiger partial charge on any atom is -0.457 e. The van der Waals surface area contributed by atoms with Crippen molar-refractivity contribution >= 4 is 40.7 Å². The van der Waals surface area contributed by atoms with Crippen LogP contribution in [0.5, 0.6) is 0 Å². The molecule has 4 aromatic carbocycles. The number of aromatic nitrogens is 3. The summed E-state index contributed by atoms with van der Waals surface area (Å²) in [6.45, 7) is -0.866. The summed E-state index contributed by atoms with van der Waals surface area (Å²) in [6, 6.07) is 29.3. The van der Waals surface area contributed by atoms with Crippen LogP contribution in [0.4, 0.5) is 10.2 Å². The number of hydrogen-bond acceptors (Lipinski definition) is 9. The Labute approximate surface area is 272 Å². The normalized spacial score (nSPS) is 11.3. The van der Waals surface area contributed by atoms with Crippen LogP contribution < -0.4 is 16.6 Å². The number of nitrogens with two attached hydrogens (primary N) is 1. The summed E-state index contributed by atoms with van der Waals surface area (Å²) in [5.41, 5.74) is 6.64. The van der Waals surface area contributed by atoms with Gasteiger partial charge in [-0.25, -0.2) is 19.2 Å². The van der Waals surface area contributed by atoms with Gasteiger partial charge in [0.1, 0.15) is 36.1 Å². The molecule has 0 saturated carbocycles. The molecular weight excluding hydrogens is 617 g/mol. The second-order valence-electron chi connectivity index (χ2n) is 10.5. The molecule has 0 aliphatic heterocycles. The quantitative estimate of drug-likeness (QED) is 0.117. The Morgan fingerprint density at radius 3 is 2.25 bits per heavy atom. The lowest BCUT2D eigenvalue weighted by Gasteiger charge is -2.16. The van der Waals surface area contributed by atoms with E-state index in [1.807, 2.05) is 0 Å². The highest BCUT2D eigenvalue weighted by Gasteiger charge is 2.26. The molecule has 238 valence electrons. The summed E-state index contributed by atoms with van der Waals surface area (Å²) in [4.78, 5) is 62.7. The monoisotopic (exact) mass is 643 g/mol. The smallest absolute Gasteiger partial charge is 0.347 e. The summed E-state index contributed by atoms with van der Waals surface area (Å²) in [5, 5.41) is 2.56. The van der Waals surface area contributed by atoms with Crippen LogP contribution in [0, 0.1) is 5.82 Å². The standard InChI is InChI=1S/C36H26FN5O6/c37-25-17-15-24(16-18-25)33-41-32(38)30(36(46)47-21-23-11-5-2-6-12-23)35(45)42(33)20-29(43)39-27(19-22-9-3-1-4-10-22)31(44)34-40-26-13-7-8-14-28(26)48-34/h1-19H,20-21,38H2,(H,39,43). The van der Waals surface area contributed by atoms with E-state index in [1.54, 1.807) is 84.9 Å². The van der Waals surface area contributed by atoms with Gasteiger partial charge in [0.05, 0.1) is 5.70 Å². The molecule has 6 aromatic rings. The molecule has 3 N–H and O–H groups in total. The van der Waals surface area contributed by atoms with Gasteiger partial charge in [0.2, 0.25) is 5.91 Å². The van der Waals surface area contributed by atoms with Gasteiger partial charge in [0.25, 0.3) is 17.2 Å². The van der Waals surface area contributed by atoms with Crippen LogP contribution >= 0.6 is 0 Å². The maximum absolute atomic E-state index is 13.9. The van der Waals surface area contributed by atoms with Gasteiger partial charge in [0, 0.05) is 5.56 Å². The molecule has 2 heterocycles. The van der Waals surface area contributed by atoms with Gasteiger partial charge in [-0.2, -0.15) is 0 Å². The number of nitrogens with zero attached hydrogens (tertiary/aromatic N) is 3. The number of ketones is 1. The Bertz CT molecular complexity index is 2200. The first-order valence-corrected chi connectivity index (χ1v) is 14.6. The van der Waals surface area contributed by atoms with E-state index >= 15 is 0 Å². The lowest BCUT2D eigenvalue weighted by atomic mass is 10.1. The molecule has 12 heteroatoms. The first kappa shape index (κ1) is 31.3. The maximum atomic E-state index is 13.9. The lowest BCUT2D eigenvalue weighted by molar-refractivity contribution is -0.120. The third kappa shape index (κ3) is 6.92. The molecule has 1 amide bonds. The zero-order chi connectivity index (χ0) is 33.6. The fraction of sp³-hybridized carbons (Fsp3) is 0.0556. The number of hydrogen-bond donors (Lipinski definition) is 2. The van der Waals surface area contributed by atoms with Crippen molar-refractivity contribution in [3.63, 3.8) is 0 Å². The van der Waals surface area contributed by atoms with E-state index in [0.717, 1.165) is 16.7 Å². The highest BCUT2D eigenvalue weighted by Crippen LogP contribution is 2.21. The average molecular weight is 644 g/mol. The van der Waals surface area contributed by atoms with Gasteiger partial charge >= 0.3 is 5.97 Å². The van der Waals surface area contributed by atoms with Crippen LogP contribution in [0.15, 0.2) is 124 Å². The minimum atomic E-state index is -1.05. The summed E-state index contributed by atoms with van der Waals surface area (Å²) in [6.07, 6.45) is 1.44. The average Bonchev–Trinajstić information content (AvgIpc) is 3.54. The number of rotatable bonds is 10. The molecule has 0 aliphatic carbocycles. The summed E-state index contributed by atoms with van der Waals surface area (Å²) >= 11 is 0. The molecule has 2 aromatic heterocycles. The number of para-hydroxylation sites is 2. The zero-order valence-corrected chi connectivity index (χ0v) is 25.1. The van der Waals surface area contributed by atoms with Crippen molar-refractivity contribution in [1.82, 2.24) is 19.9 Å². The number of allylic oxidation sites excluding steroid dienone is 1. The number of carbonyl (C=O) groups excluding carboxylic acids is 3. The third-order valence-corrected chi connectivity index (χ3v) is 7.14. The number of esters is 1. The number of carbonyl (C=O) groups is 3. The summed E-state index contributed by atoms with van der Waals surface area (Å²) in [5.74, 6) is -3.98. The second-order valence-corrected chi connectivity index (χ2v) is 10.5. The number of benzene rings is 4. The summed E-state index contributed by atoms with van der Waals surface area (Å²) < 4.78 is 25.7. The molecule has 0 fully saturated rings. The van der Waals surface area contributed by atoms with E-state index < -0.39 is 47.0 Å². The largest absolute Gasteiger partial charge is 0.457 e. The van der Waals surface area contributed by atoms with Gasteiger partial charge in [-0.05, 0) is 53.6 Å². The molecule has 48 heavy (non-hydrogen) atoms. The molecule has 0 saturated heterocycles. The van der Waals surface area contributed by atoms with Gasteiger partial charge in [-0.3, -0.25) is 19.0 Å². The summed E-state index contributed by atoms with van der Waals surface area (Å²) in [7, 11) is 0. The molecule has 0 radical (unpaired) electrons. The Hall–Kier alpha value is -6.69. The van der Waals surface area contributed by atoms with Crippen LogP contribution in [-0.4, -0.2) is 32.2 Å². The lowest BCUT2D eigenvalue weighted by Crippen LogP contribution is -2.37. The van der Waals surface area contributed by atoms with E-state index in [0.29, 0.717) is 22.2 Å². The van der Waals surface area contributed by atoms with E-state index in [2.05, 4.69) is 15.3 Å². The van der Waals surface area contributed by atoms with Gasteiger partial charge in [-0.15, -0.1) is 0 Å². The second kappa shape index (κ2) is 13.7. The first-order chi connectivity index (χ1) is 23.3. The van der Waals surface area contributed by atoms with E-state index in [4.69, 9.17) is 14.9 Å². The highest BCUT2D eigenvalue weighted by molar-refractivity contribution is 6.11. The van der Waals surface area contributed by atoms with Crippen LogP contribution in [0.3, 0.4) is 0 Å². The van der Waals surface area contributed by atoms with Crippen molar-refractivity contribution < 1.29 is 27.9 Å². The number of nitrogen functional groups attached to an aromatic ring is 1. The van der Waals surface area contributed by atoms with Crippen molar-refractivity contribution in [2.45, 2.75) is 13.2 Å². The van der Waals surface area contributed by atoms with Gasteiger partial charge < -0.3 is 20.2 Å². The van der Waals surface area contributed by atoms with Crippen LogP contribution in [0.1, 0.15) is 32.2 Å². The Morgan fingerprint density at radius 2 is 1.54 bits per heavy atom. The number of amides is 1. The number of oxazole rings is 1. The number of Topliss-reactive ketones (excluding diaryl/α,β-unsaturated/α-hetero) is 1. The van der Waals surface area contributed by atoms with Crippen molar-refractivity contribution in [3.05, 3.63) is 154 Å². The molecule has 11 nitrogen and oxygen atoms in total. The Balaban J connectivity index is 1.35. The number of fused-ring (bicyclic) bond motifs is 1. The molecule has 0 atom stereocenters. The fourth-order valence-electron chi connectivity index (χ4n) is 4.82. The molecule has 0 unspecified atom stereocenters. The van der Waals surface area contributed by atoms with E-state index in [-0.39, 0.29) is 29.6 Å². The van der Waals surface area contributed by atoms with Crippen LogP contribution in [0.25, 0.3) is 28.6 Å². The number of nitrogens with one attached hydrogen (secondary N) is 1. The molecular formula is C36H26FN5O6. The Morgan fingerprint density at radius 1 is 0.875 bits per heavy atom. The predicted molar refractivity (Wildman–Crippen MR) is 175 cm³/mol. The van der Waals surface area contributed by atoms with Crippen molar-refractivity contribution in [3.8, 4) is 11.4 Å². The van der Waals surface area contributed by atoms with Crippen molar-refractivity contribution in [1.29, 1.82) is 0 Å².